The Hall–Kier alpha value is -5.73. The Bertz CT molecular complexity index is 2400. The molecular formula is C52H59NO9. The van der Waals surface area contributed by atoms with Crippen LogP contribution in [-0.4, -0.2) is 63.8 Å². The Morgan fingerprint density at radius 2 is 1.85 bits per heavy atom. The molecule has 2 aliphatic carbocycles. The number of allylic oxidation sites excluding steroid dienone is 4. The number of anilines is 1. The molecule has 0 spiro atoms. The predicted molar refractivity (Wildman–Crippen MR) is 242 cm³/mol. The van der Waals surface area contributed by atoms with Gasteiger partial charge in [-0.15, -0.1) is 0 Å². The zero-order chi connectivity index (χ0) is 43.8. The zero-order valence-corrected chi connectivity index (χ0v) is 35.9. The van der Waals surface area contributed by atoms with Crippen molar-refractivity contribution in [3.63, 3.8) is 0 Å². The molecule has 6 atom stereocenters. The molecule has 4 aliphatic rings. The third kappa shape index (κ3) is 10.6. The molecule has 326 valence electrons. The highest BCUT2D eigenvalue weighted by molar-refractivity contribution is 6.00. The molecule has 8 rings (SSSR count). The van der Waals surface area contributed by atoms with Gasteiger partial charge in [0.05, 0.1) is 19.8 Å². The Labute approximate surface area is 364 Å². The number of benzene rings is 4. The highest BCUT2D eigenvalue weighted by Crippen LogP contribution is 2.43. The van der Waals surface area contributed by atoms with Crippen LogP contribution in [0.15, 0.2) is 84.7 Å². The summed E-state index contributed by atoms with van der Waals surface area (Å²) >= 11 is 0. The first-order chi connectivity index (χ1) is 30.0. The first kappa shape index (κ1) is 44.3. The van der Waals surface area contributed by atoms with Gasteiger partial charge in [-0.1, -0.05) is 49.3 Å². The molecule has 4 aromatic rings. The lowest BCUT2D eigenvalue weighted by Crippen LogP contribution is -2.26. The summed E-state index contributed by atoms with van der Waals surface area (Å²) in [5.74, 6) is 4.30. The molecule has 0 amide bonds. The zero-order valence-electron chi connectivity index (χ0n) is 35.9. The number of aliphatic hydroxyl groups is 4. The van der Waals surface area contributed by atoms with Crippen LogP contribution < -0.4 is 14.8 Å². The van der Waals surface area contributed by atoms with Gasteiger partial charge in [0.15, 0.2) is 11.5 Å². The van der Waals surface area contributed by atoms with E-state index in [2.05, 4.69) is 48.6 Å². The second kappa shape index (κ2) is 20.4. The van der Waals surface area contributed by atoms with Gasteiger partial charge >= 0.3 is 0 Å². The number of ketones is 1. The van der Waals surface area contributed by atoms with E-state index in [0.717, 1.165) is 57.1 Å². The number of hydrogen-bond donors (Lipinski definition) is 6. The summed E-state index contributed by atoms with van der Waals surface area (Å²) in [6.45, 7) is 4.23. The smallest absolute Gasteiger partial charge is 0.161 e. The molecule has 4 aromatic carbocycles. The van der Waals surface area contributed by atoms with Crippen molar-refractivity contribution in [3.05, 3.63) is 124 Å². The van der Waals surface area contributed by atoms with Crippen molar-refractivity contribution in [1.82, 2.24) is 0 Å². The maximum absolute atomic E-state index is 13.8. The number of phenolic OH excluding ortho intramolecular Hbond substituents is 1. The van der Waals surface area contributed by atoms with Crippen molar-refractivity contribution in [2.45, 2.75) is 96.6 Å². The summed E-state index contributed by atoms with van der Waals surface area (Å²) in [6, 6.07) is 17.5. The molecule has 10 heteroatoms. The summed E-state index contributed by atoms with van der Waals surface area (Å²) in [4.78, 5) is 13.8. The summed E-state index contributed by atoms with van der Waals surface area (Å²) in [6.07, 6.45) is 15.1. The molecule has 6 bridgehead atoms. The Balaban J connectivity index is 1.16. The molecule has 0 radical (unpaired) electrons. The van der Waals surface area contributed by atoms with Gasteiger partial charge in [0, 0.05) is 55.1 Å². The van der Waals surface area contributed by atoms with Gasteiger partial charge in [0.2, 0.25) is 0 Å². The van der Waals surface area contributed by atoms with Gasteiger partial charge in [-0.05, 0) is 144 Å². The van der Waals surface area contributed by atoms with E-state index in [1.807, 2.05) is 48.6 Å². The molecule has 2 aliphatic heterocycles. The standard InChI is InChI=1S/C52H59NO9/c1-32-9-17-45-48-31-62-51-22-35(13-18-50(51)60-3)12-15-42(58)26-43(61-19-5-8-44-47(25-39(48)30-55)52(45)46(32)27-49(44)59)24-38-23-41(57)16-14-37(38)20-36(29-54)11-10-34-6-4-7-40(21-34)53-28-33(2)56/h4,6-7,9,13-14,16-18,21-23,25,27,32-33,36-38,43,53-57,59H,8,10-12,15,20,24,26,28-31H2,1-3H3/t32-,33-,36+,37-,38-,43-/m0/s1. The summed E-state index contributed by atoms with van der Waals surface area (Å²) in [5, 5.41) is 58.1. The molecular weight excluding hydrogens is 783 g/mol. The van der Waals surface area contributed by atoms with Gasteiger partial charge in [-0.3, -0.25) is 4.79 Å². The number of hydrogen-bond acceptors (Lipinski definition) is 10. The van der Waals surface area contributed by atoms with Gasteiger partial charge < -0.3 is 45.1 Å². The van der Waals surface area contributed by atoms with E-state index < -0.39 is 12.2 Å². The monoisotopic (exact) mass is 841 g/mol. The van der Waals surface area contributed by atoms with Crippen molar-refractivity contribution in [3.8, 4) is 29.3 Å². The molecule has 0 saturated heterocycles. The van der Waals surface area contributed by atoms with Crippen LogP contribution in [0.5, 0.6) is 17.2 Å². The number of methoxy groups -OCH3 is 1. The van der Waals surface area contributed by atoms with Crippen LogP contribution in [0.1, 0.15) is 90.8 Å². The van der Waals surface area contributed by atoms with Crippen LogP contribution in [0, 0.1) is 29.8 Å². The normalized spacial score (nSPS) is 20.8. The molecule has 10 nitrogen and oxygen atoms in total. The quantitative estimate of drug-likeness (QED) is 0.0721. The van der Waals surface area contributed by atoms with E-state index in [1.165, 1.54) is 0 Å². The summed E-state index contributed by atoms with van der Waals surface area (Å²) < 4.78 is 18.4. The fraction of sp³-hybridized carbons (Fsp3) is 0.404. The second-order valence-electron chi connectivity index (χ2n) is 17.1. The fourth-order valence-corrected chi connectivity index (χ4v) is 9.09. The van der Waals surface area contributed by atoms with Crippen LogP contribution in [-0.2, 0) is 42.0 Å². The minimum atomic E-state index is -0.598. The summed E-state index contributed by atoms with van der Waals surface area (Å²) in [5.41, 5.74) is 7.02. The van der Waals surface area contributed by atoms with Crippen molar-refractivity contribution in [1.29, 1.82) is 0 Å². The van der Waals surface area contributed by atoms with Gasteiger partial charge in [-0.25, -0.2) is 0 Å². The molecule has 2 heterocycles. The lowest BCUT2D eigenvalue weighted by Gasteiger charge is -2.30. The van der Waals surface area contributed by atoms with Crippen molar-refractivity contribution in [2.24, 2.45) is 17.8 Å². The molecule has 0 saturated carbocycles. The Morgan fingerprint density at radius 1 is 1.00 bits per heavy atom. The van der Waals surface area contributed by atoms with Crippen LogP contribution in [0.25, 0.3) is 16.8 Å². The van der Waals surface area contributed by atoms with Gasteiger partial charge in [0.25, 0.3) is 0 Å². The second-order valence-corrected chi connectivity index (χ2v) is 17.1. The highest BCUT2D eigenvalue weighted by atomic mass is 16.5. The molecule has 0 fully saturated rings. The van der Waals surface area contributed by atoms with E-state index in [-0.39, 0.29) is 80.0 Å². The molecule has 6 N–H and O–H groups in total. The highest BCUT2D eigenvalue weighted by Gasteiger charge is 2.29. The number of ether oxygens (including phenoxy) is 3. The molecule has 0 unspecified atom stereocenters. The van der Waals surface area contributed by atoms with Crippen LogP contribution in [0.4, 0.5) is 5.69 Å². The van der Waals surface area contributed by atoms with E-state index >= 15 is 0 Å². The number of nitrogens with one attached hydrogen (secondary N) is 1. The molecule has 0 aromatic heterocycles. The van der Waals surface area contributed by atoms with E-state index in [4.69, 9.17) is 14.2 Å². The lowest BCUT2D eigenvalue weighted by molar-refractivity contribution is -0.121. The lowest BCUT2D eigenvalue weighted by atomic mass is 9.77. The third-order valence-corrected chi connectivity index (χ3v) is 12.5. The third-order valence-electron chi connectivity index (χ3n) is 12.5. The number of rotatable bonds is 13. The van der Waals surface area contributed by atoms with Crippen LogP contribution in [0.2, 0.25) is 0 Å². The number of carbonyl (C=O) groups is 1. The average molecular weight is 842 g/mol. The SMILES string of the molecule is COc1ccc2cc1OCc1c(CO)cc3c(c(O)cc4c3c1C=C[C@@H]4C)CC#CO[C@@H](C[C@@H]1C=C(O)C=C[C@H]1C[C@H](CO)CCc1cccc(NC[C@H](C)O)c1)CC(=O)CC2. The Morgan fingerprint density at radius 3 is 2.65 bits per heavy atom. The van der Waals surface area contributed by atoms with Crippen molar-refractivity contribution < 1.29 is 44.5 Å². The first-order valence-electron chi connectivity index (χ1n) is 21.8. The molecule has 62 heavy (non-hydrogen) atoms. The first-order valence-corrected chi connectivity index (χ1v) is 21.8. The predicted octanol–water partition coefficient (Wildman–Crippen LogP) is 8.61. The summed E-state index contributed by atoms with van der Waals surface area (Å²) in [7, 11) is 1.59. The fourth-order valence-electron chi connectivity index (χ4n) is 9.09. The van der Waals surface area contributed by atoms with Crippen molar-refractivity contribution >= 4 is 28.3 Å². The number of aliphatic hydroxyl groups excluding tert-OH is 4. The van der Waals surface area contributed by atoms with E-state index in [9.17, 15) is 30.3 Å². The average Bonchev–Trinajstić information content (AvgIpc) is 3.26. The maximum Gasteiger partial charge on any atom is 0.161 e. The van der Waals surface area contributed by atoms with Crippen LogP contribution >= 0.6 is 0 Å². The number of carbonyl (C=O) groups excluding carboxylic acids is 1. The number of phenols is 1. The van der Waals surface area contributed by atoms with Gasteiger partial charge in [-0.2, -0.15) is 0 Å². The number of Topliss-reactive ketones (excluding diaryl/α,β-unsaturated/α-hetero) is 1. The van der Waals surface area contributed by atoms with Crippen molar-refractivity contribution in [2.75, 3.05) is 25.6 Å². The number of aryl methyl sites for hydroxylation is 2. The minimum Gasteiger partial charge on any atom is -0.508 e. The maximum atomic E-state index is 13.8. The van der Waals surface area contributed by atoms with Gasteiger partial charge in [0.1, 0.15) is 36.1 Å². The topological polar surface area (TPSA) is 158 Å². The van der Waals surface area contributed by atoms with Crippen LogP contribution in [0.3, 0.4) is 0 Å². The number of fused-ring (bicyclic) bond motifs is 9. The number of aromatic hydroxyl groups is 1. The minimum absolute atomic E-state index is 0.00605. The van der Waals surface area contributed by atoms with E-state index in [0.29, 0.717) is 48.4 Å². The largest absolute Gasteiger partial charge is 0.508 e. The van der Waals surface area contributed by atoms with E-state index in [1.54, 1.807) is 26.2 Å². The Kier molecular flexibility index (Phi) is 14.6.